The van der Waals surface area contributed by atoms with Crippen molar-refractivity contribution in [1.29, 1.82) is 0 Å². The number of fused-ring (bicyclic) bond motifs is 1. The van der Waals surface area contributed by atoms with Gasteiger partial charge < -0.3 is 15.0 Å². The van der Waals surface area contributed by atoms with Crippen molar-refractivity contribution < 1.29 is 13.9 Å². The fourth-order valence-corrected chi connectivity index (χ4v) is 3.72. The zero-order valence-electron chi connectivity index (χ0n) is 17.5. The van der Waals surface area contributed by atoms with Gasteiger partial charge in [0.1, 0.15) is 11.6 Å². The minimum Gasteiger partial charge on any atom is -0.497 e. The summed E-state index contributed by atoms with van der Waals surface area (Å²) in [5, 5.41) is 3.01. The predicted molar refractivity (Wildman–Crippen MR) is 121 cm³/mol. The molecule has 1 atom stereocenters. The third-order valence-electron chi connectivity index (χ3n) is 5.48. The molecule has 0 aliphatic carbocycles. The molecule has 1 N–H and O–H groups in total. The standard InChI is InChI=1S/C25H24FN3O2/c1-29-20(16-28-25(30)17-7-4-3-5-8-17)15-27-24(18-9-6-10-19(26)13-18)22-12-11-21(31-2)14-23(22)29/h3-14,20H,15-16H2,1-2H3,(H,28,30). The van der Waals surface area contributed by atoms with Gasteiger partial charge in [0.2, 0.25) is 0 Å². The van der Waals surface area contributed by atoms with Crippen molar-refractivity contribution in [2.45, 2.75) is 6.04 Å². The normalized spacial score (nSPS) is 15.5. The van der Waals surface area contributed by atoms with Gasteiger partial charge in [-0.05, 0) is 36.4 Å². The largest absolute Gasteiger partial charge is 0.497 e. The first-order valence-electron chi connectivity index (χ1n) is 10.1. The molecule has 1 aliphatic rings. The highest BCUT2D eigenvalue weighted by Crippen LogP contribution is 2.31. The van der Waals surface area contributed by atoms with Gasteiger partial charge in [0, 0.05) is 42.0 Å². The van der Waals surface area contributed by atoms with Gasteiger partial charge in [-0.3, -0.25) is 9.79 Å². The van der Waals surface area contributed by atoms with Crippen molar-refractivity contribution in [3.8, 4) is 5.75 Å². The molecule has 0 aromatic heterocycles. The van der Waals surface area contributed by atoms with Crippen molar-refractivity contribution in [2.75, 3.05) is 32.1 Å². The molecule has 0 spiro atoms. The molecule has 1 amide bonds. The average molecular weight is 417 g/mol. The van der Waals surface area contributed by atoms with E-state index in [9.17, 15) is 9.18 Å². The highest BCUT2D eigenvalue weighted by atomic mass is 19.1. The molecule has 3 aromatic rings. The highest BCUT2D eigenvalue weighted by Gasteiger charge is 2.25. The lowest BCUT2D eigenvalue weighted by molar-refractivity contribution is 0.0951. The summed E-state index contributed by atoms with van der Waals surface area (Å²) in [5.74, 6) is 0.288. The minimum absolute atomic E-state index is 0.0791. The van der Waals surface area contributed by atoms with Crippen LogP contribution in [0.15, 0.2) is 77.8 Å². The molecule has 158 valence electrons. The number of methoxy groups -OCH3 is 1. The number of aliphatic imine (C=N–C) groups is 1. The van der Waals surface area contributed by atoms with Crippen LogP contribution in [0.1, 0.15) is 21.5 Å². The Balaban J connectivity index is 1.66. The lowest BCUT2D eigenvalue weighted by atomic mass is 10.00. The summed E-state index contributed by atoms with van der Waals surface area (Å²) in [7, 11) is 3.60. The summed E-state index contributed by atoms with van der Waals surface area (Å²) in [6, 6.07) is 21.3. The molecule has 0 bridgehead atoms. The number of ether oxygens (including phenoxy) is 1. The molecule has 1 aliphatic heterocycles. The number of carbonyl (C=O) groups is 1. The van der Waals surface area contributed by atoms with E-state index in [1.54, 1.807) is 25.3 Å². The number of likely N-dealkylation sites (N-methyl/N-ethyl adjacent to an activating group) is 1. The Kier molecular flexibility index (Phi) is 5.98. The molecule has 0 saturated carbocycles. The van der Waals surface area contributed by atoms with E-state index < -0.39 is 0 Å². The first-order valence-corrected chi connectivity index (χ1v) is 10.1. The first-order chi connectivity index (χ1) is 15.1. The summed E-state index contributed by atoms with van der Waals surface area (Å²) in [5.41, 5.74) is 3.86. The van der Waals surface area contributed by atoms with Crippen LogP contribution >= 0.6 is 0 Å². The van der Waals surface area contributed by atoms with Gasteiger partial charge in [0.15, 0.2) is 0 Å². The van der Waals surface area contributed by atoms with Crippen molar-refractivity contribution in [1.82, 2.24) is 5.32 Å². The summed E-state index contributed by atoms with van der Waals surface area (Å²) in [6.45, 7) is 0.870. The van der Waals surface area contributed by atoms with Crippen LogP contribution in [0.3, 0.4) is 0 Å². The molecular formula is C25H24FN3O2. The monoisotopic (exact) mass is 417 g/mol. The first kappa shape index (κ1) is 20.6. The number of carbonyl (C=O) groups excluding carboxylic acids is 1. The van der Waals surface area contributed by atoms with Crippen LogP contribution in [0.4, 0.5) is 10.1 Å². The lowest BCUT2D eigenvalue weighted by Crippen LogP contribution is -2.43. The van der Waals surface area contributed by atoms with E-state index in [2.05, 4.69) is 10.2 Å². The fraction of sp³-hybridized carbons (Fsp3) is 0.200. The smallest absolute Gasteiger partial charge is 0.251 e. The number of hydrogen-bond donors (Lipinski definition) is 1. The van der Waals surface area contributed by atoms with E-state index in [1.165, 1.54) is 12.1 Å². The van der Waals surface area contributed by atoms with E-state index in [4.69, 9.17) is 9.73 Å². The molecule has 31 heavy (non-hydrogen) atoms. The van der Waals surface area contributed by atoms with Crippen LogP contribution in [0.2, 0.25) is 0 Å². The topological polar surface area (TPSA) is 53.9 Å². The Morgan fingerprint density at radius 1 is 1.13 bits per heavy atom. The summed E-state index contributed by atoms with van der Waals surface area (Å²) in [4.78, 5) is 19.4. The number of amides is 1. The molecule has 5 nitrogen and oxygen atoms in total. The Bertz CT molecular complexity index is 1110. The summed E-state index contributed by atoms with van der Waals surface area (Å²) >= 11 is 0. The van der Waals surface area contributed by atoms with Gasteiger partial charge in [-0.25, -0.2) is 4.39 Å². The maximum atomic E-state index is 13.9. The number of nitrogens with zero attached hydrogens (tertiary/aromatic N) is 2. The number of benzene rings is 3. The zero-order valence-corrected chi connectivity index (χ0v) is 17.5. The van der Waals surface area contributed by atoms with Gasteiger partial charge in [-0.2, -0.15) is 0 Å². The third kappa shape index (κ3) is 4.43. The second kappa shape index (κ2) is 9.00. The van der Waals surface area contributed by atoms with Crippen molar-refractivity contribution in [3.05, 3.63) is 95.3 Å². The second-order valence-corrected chi connectivity index (χ2v) is 7.42. The predicted octanol–water partition coefficient (Wildman–Crippen LogP) is 3.92. The number of rotatable bonds is 5. The number of benzodiazepines with no additional fused rings is 1. The van der Waals surface area contributed by atoms with Gasteiger partial charge >= 0.3 is 0 Å². The molecule has 1 unspecified atom stereocenters. The van der Waals surface area contributed by atoms with Gasteiger partial charge in [0.05, 0.1) is 25.4 Å². The maximum absolute atomic E-state index is 13.9. The molecule has 0 saturated heterocycles. The second-order valence-electron chi connectivity index (χ2n) is 7.42. The molecule has 6 heteroatoms. The summed E-state index contributed by atoms with van der Waals surface area (Å²) in [6.07, 6.45) is 0. The van der Waals surface area contributed by atoms with Crippen LogP contribution in [0.25, 0.3) is 0 Å². The Hall–Kier alpha value is -3.67. The van der Waals surface area contributed by atoms with Crippen LogP contribution in [0.5, 0.6) is 5.75 Å². The molecular weight excluding hydrogens is 393 g/mol. The van der Waals surface area contributed by atoms with Crippen molar-refractivity contribution >= 4 is 17.3 Å². The van der Waals surface area contributed by atoms with Gasteiger partial charge in [-0.15, -0.1) is 0 Å². The molecule has 3 aromatic carbocycles. The number of hydrogen-bond acceptors (Lipinski definition) is 4. The average Bonchev–Trinajstić information content (AvgIpc) is 2.94. The number of nitrogens with one attached hydrogen (secondary N) is 1. The highest BCUT2D eigenvalue weighted by molar-refractivity contribution is 6.16. The molecule has 4 rings (SSSR count). The van der Waals surface area contributed by atoms with E-state index >= 15 is 0 Å². The van der Waals surface area contributed by atoms with E-state index in [-0.39, 0.29) is 17.8 Å². The Morgan fingerprint density at radius 2 is 1.94 bits per heavy atom. The van der Waals surface area contributed by atoms with Crippen LogP contribution < -0.4 is 15.0 Å². The SMILES string of the molecule is COc1ccc2c(c1)N(C)C(CNC(=O)c1ccccc1)CN=C2c1cccc(F)c1. The quantitative estimate of drug-likeness (QED) is 0.685. The number of halogens is 1. The van der Waals surface area contributed by atoms with Crippen LogP contribution in [-0.4, -0.2) is 44.9 Å². The van der Waals surface area contributed by atoms with Crippen molar-refractivity contribution in [2.24, 2.45) is 4.99 Å². The van der Waals surface area contributed by atoms with E-state index in [0.29, 0.717) is 24.2 Å². The minimum atomic E-state index is -0.306. The fourth-order valence-electron chi connectivity index (χ4n) is 3.72. The number of anilines is 1. The lowest BCUT2D eigenvalue weighted by Gasteiger charge is -2.29. The summed E-state index contributed by atoms with van der Waals surface area (Å²) < 4.78 is 19.3. The Labute approximate surface area is 181 Å². The third-order valence-corrected chi connectivity index (χ3v) is 5.48. The Morgan fingerprint density at radius 3 is 2.68 bits per heavy atom. The van der Waals surface area contributed by atoms with Crippen LogP contribution in [0, 0.1) is 5.82 Å². The van der Waals surface area contributed by atoms with Gasteiger partial charge in [0.25, 0.3) is 5.91 Å². The molecule has 0 radical (unpaired) electrons. The van der Waals surface area contributed by atoms with E-state index in [1.807, 2.05) is 49.5 Å². The van der Waals surface area contributed by atoms with Crippen LogP contribution in [-0.2, 0) is 0 Å². The molecule has 1 heterocycles. The maximum Gasteiger partial charge on any atom is 0.251 e. The van der Waals surface area contributed by atoms with Crippen molar-refractivity contribution in [3.63, 3.8) is 0 Å². The molecule has 0 fully saturated rings. The van der Waals surface area contributed by atoms with E-state index in [0.717, 1.165) is 22.7 Å². The zero-order chi connectivity index (χ0) is 21.8. The van der Waals surface area contributed by atoms with Gasteiger partial charge in [-0.1, -0.05) is 30.3 Å².